The smallest absolute Gasteiger partial charge is 0.165 e. The molecule has 1 aromatic rings. The van der Waals surface area contributed by atoms with E-state index >= 15 is 0 Å². The summed E-state index contributed by atoms with van der Waals surface area (Å²) < 4.78 is 19.1. The van der Waals surface area contributed by atoms with Gasteiger partial charge in [0.2, 0.25) is 0 Å². The van der Waals surface area contributed by atoms with Crippen molar-refractivity contribution < 1.29 is 9.13 Å². The van der Waals surface area contributed by atoms with Gasteiger partial charge in [-0.05, 0) is 37.0 Å². The fourth-order valence-electron chi connectivity index (χ4n) is 2.38. The molecule has 0 N–H and O–H groups in total. The van der Waals surface area contributed by atoms with Crippen LogP contribution < -0.4 is 4.74 Å². The summed E-state index contributed by atoms with van der Waals surface area (Å²) in [7, 11) is 0. The zero-order valence-corrected chi connectivity index (χ0v) is 13.0. The molecule has 0 saturated carbocycles. The van der Waals surface area contributed by atoms with Crippen molar-refractivity contribution in [3.8, 4) is 5.75 Å². The monoisotopic (exact) mass is 279 g/mol. The zero-order chi connectivity index (χ0) is 14.6. The molecule has 2 heteroatoms. The largest absolute Gasteiger partial charge is 0.490 e. The maximum atomic E-state index is 13.5. The first kappa shape index (κ1) is 17.0. The predicted octanol–water partition coefficient (Wildman–Crippen LogP) is 5.78. The molecular formula is C18H28FO. The quantitative estimate of drug-likeness (QED) is 0.466. The van der Waals surface area contributed by atoms with Gasteiger partial charge in [0, 0.05) is 0 Å². The molecule has 1 rings (SSSR count). The van der Waals surface area contributed by atoms with Gasteiger partial charge in [-0.25, -0.2) is 4.39 Å². The predicted molar refractivity (Wildman–Crippen MR) is 82.5 cm³/mol. The normalized spacial score (nSPS) is 12.3. The number of hydrogen-bond donors (Lipinski definition) is 0. The molecule has 113 valence electrons. The average molecular weight is 279 g/mol. The summed E-state index contributed by atoms with van der Waals surface area (Å²) in [6.07, 6.45) is 9.95. The number of unbranched alkanes of at least 4 members (excludes halogenated alkanes) is 4. The van der Waals surface area contributed by atoms with Gasteiger partial charge in [-0.3, -0.25) is 0 Å². The minimum Gasteiger partial charge on any atom is -0.490 e. The summed E-state index contributed by atoms with van der Waals surface area (Å²) in [5.74, 6) is 0.599. The van der Waals surface area contributed by atoms with Crippen LogP contribution in [-0.2, 0) is 0 Å². The van der Waals surface area contributed by atoms with Crippen LogP contribution in [0.25, 0.3) is 0 Å². The number of ether oxygens (including phenoxy) is 1. The maximum Gasteiger partial charge on any atom is 0.165 e. The molecule has 1 atom stereocenters. The summed E-state index contributed by atoms with van der Waals surface area (Å²) in [6.45, 7) is 5.07. The Balaban J connectivity index is 2.37. The van der Waals surface area contributed by atoms with Gasteiger partial charge in [-0.2, -0.15) is 0 Å². The third kappa shape index (κ3) is 6.93. The van der Waals surface area contributed by atoms with E-state index in [4.69, 9.17) is 4.74 Å². The Morgan fingerprint density at radius 3 is 2.55 bits per heavy atom. The molecule has 1 unspecified atom stereocenters. The Bertz CT molecular complexity index is 351. The SMILES string of the molecule is CCCCCCC(CCCC)COc1cc[c]cc1F. The summed E-state index contributed by atoms with van der Waals surface area (Å²) in [6, 6.07) is 7.40. The van der Waals surface area contributed by atoms with Crippen molar-refractivity contribution in [1.29, 1.82) is 0 Å². The number of halogens is 1. The van der Waals surface area contributed by atoms with Gasteiger partial charge >= 0.3 is 0 Å². The van der Waals surface area contributed by atoms with E-state index < -0.39 is 0 Å². The summed E-state index contributed by atoms with van der Waals surface area (Å²) >= 11 is 0. The Labute approximate surface area is 123 Å². The lowest BCUT2D eigenvalue weighted by atomic mass is 9.96. The fourth-order valence-corrected chi connectivity index (χ4v) is 2.38. The molecule has 1 aromatic carbocycles. The Morgan fingerprint density at radius 2 is 1.85 bits per heavy atom. The second kappa shape index (κ2) is 10.7. The van der Waals surface area contributed by atoms with Crippen LogP contribution in [0.2, 0.25) is 0 Å². The van der Waals surface area contributed by atoms with E-state index in [0.717, 1.165) is 0 Å². The van der Waals surface area contributed by atoms with Crippen molar-refractivity contribution in [2.75, 3.05) is 6.61 Å². The number of hydrogen-bond acceptors (Lipinski definition) is 1. The highest BCUT2D eigenvalue weighted by atomic mass is 19.1. The first-order valence-electron chi connectivity index (χ1n) is 8.06. The first-order chi connectivity index (χ1) is 9.77. The molecule has 1 nitrogen and oxygen atoms in total. The van der Waals surface area contributed by atoms with Gasteiger partial charge in [-0.15, -0.1) is 0 Å². The highest BCUT2D eigenvalue weighted by Gasteiger charge is 2.11. The number of rotatable bonds is 11. The van der Waals surface area contributed by atoms with Crippen LogP contribution >= 0.6 is 0 Å². The second-order valence-corrected chi connectivity index (χ2v) is 5.53. The first-order valence-corrected chi connectivity index (χ1v) is 8.06. The molecule has 0 spiro atoms. The Hall–Kier alpha value is -1.05. The van der Waals surface area contributed by atoms with Crippen LogP contribution in [0.5, 0.6) is 5.75 Å². The molecule has 0 aliphatic carbocycles. The van der Waals surface area contributed by atoms with Gasteiger partial charge in [-0.1, -0.05) is 58.4 Å². The van der Waals surface area contributed by atoms with Gasteiger partial charge in [0.05, 0.1) is 6.61 Å². The van der Waals surface area contributed by atoms with Crippen molar-refractivity contribution in [3.63, 3.8) is 0 Å². The van der Waals surface area contributed by atoms with Crippen molar-refractivity contribution in [2.24, 2.45) is 5.92 Å². The highest BCUT2D eigenvalue weighted by Crippen LogP contribution is 2.21. The number of benzene rings is 1. The molecule has 20 heavy (non-hydrogen) atoms. The molecule has 0 bridgehead atoms. The Kier molecular flexibility index (Phi) is 9.10. The molecule has 0 aromatic heterocycles. The molecule has 1 radical (unpaired) electrons. The molecular weight excluding hydrogens is 251 g/mol. The van der Waals surface area contributed by atoms with Crippen LogP contribution in [0.15, 0.2) is 18.2 Å². The van der Waals surface area contributed by atoms with Crippen LogP contribution in [0.3, 0.4) is 0 Å². The fraction of sp³-hybridized carbons (Fsp3) is 0.667. The molecule has 0 aliphatic heterocycles. The third-order valence-corrected chi connectivity index (χ3v) is 3.68. The molecule has 0 amide bonds. The minimum atomic E-state index is -0.312. The molecule has 0 saturated heterocycles. The van der Waals surface area contributed by atoms with Gasteiger partial charge < -0.3 is 4.74 Å². The maximum absolute atomic E-state index is 13.5. The van der Waals surface area contributed by atoms with Crippen molar-refractivity contribution in [3.05, 3.63) is 30.1 Å². The van der Waals surface area contributed by atoms with E-state index in [-0.39, 0.29) is 5.82 Å². The lowest BCUT2D eigenvalue weighted by Gasteiger charge is -2.17. The van der Waals surface area contributed by atoms with Crippen molar-refractivity contribution in [1.82, 2.24) is 0 Å². The second-order valence-electron chi connectivity index (χ2n) is 5.53. The van der Waals surface area contributed by atoms with E-state index in [1.807, 2.05) is 0 Å². The van der Waals surface area contributed by atoms with Crippen LogP contribution in [0.1, 0.15) is 65.2 Å². The average Bonchev–Trinajstić information content (AvgIpc) is 2.47. The standard InChI is InChI=1S/C18H28FO/c1-3-5-7-8-12-16(11-6-4-2)15-20-18-14-10-9-13-17(18)19/h10,13-14,16H,3-8,11-12,15H2,1-2H3. The van der Waals surface area contributed by atoms with E-state index in [1.54, 1.807) is 12.1 Å². The van der Waals surface area contributed by atoms with Crippen molar-refractivity contribution in [2.45, 2.75) is 65.2 Å². The van der Waals surface area contributed by atoms with Crippen LogP contribution in [0.4, 0.5) is 4.39 Å². The third-order valence-electron chi connectivity index (χ3n) is 3.68. The van der Waals surface area contributed by atoms with E-state index in [0.29, 0.717) is 18.3 Å². The van der Waals surface area contributed by atoms with Crippen molar-refractivity contribution >= 4 is 0 Å². The minimum absolute atomic E-state index is 0.312. The van der Waals surface area contributed by atoms with Gasteiger partial charge in [0.15, 0.2) is 11.6 Å². The lowest BCUT2D eigenvalue weighted by molar-refractivity contribution is 0.217. The van der Waals surface area contributed by atoms with Crippen LogP contribution in [-0.4, -0.2) is 6.61 Å². The van der Waals surface area contributed by atoms with E-state index in [9.17, 15) is 4.39 Å². The lowest BCUT2D eigenvalue weighted by Crippen LogP contribution is -2.13. The highest BCUT2D eigenvalue weighted by molar-refractivity contribution is 5.22. The van der Waals surface area contributed by atoms with Crippen LogP contribution in [0, 0.1) is 17.8 Å². The van der Waals surface area contributed by atoms with Gasteiger partial charge in [0.25, 0.3) is 0 Å². The van der Waals surface area contributed by atoms with E-state index in [2.05, 4.69) is 19.9 Å². The summed E-state index contributed by atoms with van der Waals surface area (Å²) in [4.78, 5) is 0. The molecule has 0 fully saturated rings. The topological polar surface area (TPSA) is 9.23 Å². The summed E-state index contributed by atoms with van der Waals surface area (Å²) in [5.41, 5.74) is 0. The Morgan fingerprint density at radius 1 is 1.10 bits per heavy atom. The summed E-state index contributed by atoms with van der Waals surface area (Å²) in [5, 5.41) is 0. The zero-order valence-electron chi connectivity index (χ0n) is 13.0. The van der Waals surface area contributed by atoms with E-state index in [1.165, 1.54) is 57.4 Å². The molecule has 0 heterocycles. The molecule has 0 aliphatic rings. The van der Waals surface area contributed by atoms with Gasteiger partial charge in [0.1, 0.15) is 0 Å².